The summed E-state index contributed by atoms with van der Waals surface area (Å²) in [6, 6.07) is 0. The van der Waals surface area contributed by atoms with Crippen molar-refractivity contribution < 1.29 is 4.74 Å². The molecule has 2 unspecified atom stereocenters. The van der Waals surface area contributed by atoms with Crippen LogP contribution >= 0.6 is 0 Å². The van der Waals surface area contributed by atoms with Crippen molar-refractivity contribution in [2.75, 3.05) is 0 Å². The smallest absolute Gasteiger partial charge is 0.199 e. The number of nitrogens with one attached hydrogen (secondary N) is 2. The molecule has 3 heteroatoms. The Morgan fingerprint density at radius 3 is 2.53 bits per heavy atom. The maximum absolute atomic E-state index is 7.93. The Hall–Kier alpha value is -1.38. The van der Waals surface area contributed by atoms with Crippen LogP contribution in [0.25, 0.3) is 0 Å². The van der Waals surface area contributed by atoms with Crippen molar-refractivity contribution >= 4 is 11.8 Å². The molecule has 0 radical (unpaired) electrons. The number of ether oxygens (including phenoxy) is 1. The lowest BCUT2D eigenvalue weighted by atomic mass is 9.81. The lowest BCUT2D eigenvalue weighted by molar-refractivity contribution is 0.471. The molecule has 1 fully saturated rings. The number of fused-ring (bicyclic) bond motifs is 1. The lowest BCUT2D eigenvalue weighted by Crippen LogP contribution is -2.22. The second-order valence-electron chi connectivity index (χ2n) is 6.04. The first-order valence-corrected chi connectivity index (χ1v) is 5.99. The van der Waals surface area contributed by atoms with Crippen LogP contribution in [0.15, 0.2) is 23.8 Å². The standard InChI is InChI=1S/C14H20N2O/c1-9(15)17-12(16)14-6-5-10(13(2,3)4)7-11(14)8-14/h5-7,11,15-16H,8H2,1-4H3. The lowest BCUT2D eigenvalue weighted by Gasteiger charge is -2.25. The van der Waals surface area contributed by atoms with Crippen LogP contribution in [-0.2, 0) is 4.74 Å². The highest BCUT2D eigenvalue weighted by Crippen LogP contribution is 2.59. The third kappa shape index (κ3) is 2.06. The zero-order valence-electron chi connectivity index (χ0n) is 10.9. The highest BCUT2D eigenvalue weighted by Gasteiger charge is 2.57. The van der Waals surface area contributed by atoms with Gasteiger partial charge in [0.1, 0.15) is 0 Å². The average molecular weight is 232 g/mol. The molecule has 0 bridgehead atoms. The van der Waals surface area contributed by atoms with Crippen LogP contribution < -0.4 is 0 Å². The van der Waals surface area contributed by atoms with Crippen molar-refractivity contribution in [1.82, 2.24) is 0 Å². The predicted molar refractivity (Wildman–Crippen MR) is 69.4 cm³/mol. The fourth-order valence-electron chi connectivity index (χ4n) is 2.30. The van der Waals surface area contributed by atoms with E-state index >= 15 is 0 Å². The first-order chi connectivity index (χ1) is 7.75. The summed E-state index contributed by atoms with van der Waals surface area (Å²) < 4.78 is 5.14. The van der Waals surface area contributed by atoms with E-state index in [2.05, 4.69) is 39.0 Å². The van der Waals surface area contributed by atoms with E-state index in [9.17, 15) is 0 Å². The van der Waals surface area contributed by atoms with Crippen LogP contribution in [0.2, 0.25) is 0 Å². The fraction of sp³-hybridized carbons (Fsp3) is 0.571. The van der Waals surface area contributed by atoms with E-state index in [0.29, 0.717) is 5.92 Å². The Bertz CT molecular complexity index is 440. The van der Waals surface area contributed by atoms with Crippen molar-refractivity contribution in [1.29, 1.82) is 10.8 Å². The third-order valence-corrected chi connectivity index (χ3v) is 3.54. The van der Waals surface area contributed by atoms with Gasteiger partial charge in [0.05, 0.1) is 5.41 Å². The van der Waals surface area contributed by atoms with Crippen molar-refractivity contribution in [3.05, 3.63) is 23.8 Å². The number of hydrogen-bond acceptors (Lipinski definition) is 3. The van der Waals surface area contributed by atoms with Gasteiger partial charge in [0.2, 0.25) is 0 Å². The Balaban J connectivity index is 2.14. The Morgan fingerprint density at radius 1 is 1.41 bits per heavy atom. The number of hydrogen-bond donors (Lipinski definition) is 2. The average Bonchev–Trinajstić information content (AvgIpc) is 2.88. The zero-order valence-corrected chi connectivity index (χ0v) is 10.9. The largest absolute Gasteiger partial charge is 0.429 e. The molecular weight excluding hydrogens is 212 g/mol. The summed E-state index contributed by atoms with van der Waals surface area (Å²) in [6.07, 6.45) is 7.40. The van der Waals surface area contributed by atoms with Crippen LogP contribution in [0.1, 0.15) is 34.1 Å². The molecule has 0 aromatic heterocycles. The molecule has 2 aliphatic rings. The molecule has 0 aromatic rings. The Labute approximate surface area is 103 Å². The molecule has 0 heterocycles. The highest BCUT2D eigenvalue weighted by molar-refractivity contribution is 5.94. The van der Waals surface area contributed by atoms with E-state index in [1.165, 1.54) is 5.57 Å². The van der Waals surface area contributed by atoms with Crippen LogP contribution in [-0.4, -0.2) is 11.8 Å². The first-order valence-electron chi connectivity index (χ1n) is 5.99. The van der Waals surface area contributed by atoms with Gasteiger partial charge in [0, 0.05) is 6.92 Å². The predicted octanol–water partition coefficient (Wildman–Crippen LogP) is 3.53. The number of rotatable bonds is 1. The summed E-state index contributed by atoms with van der Waals surface area (Å²) in [7, 11) is 0. The van der Waals surface area contributed by atoms with E-state index in [4.69, 9.17) is 15.6 Å². The molecule has 17 heavy (non-hydrogen) atoms. The minimum Gasteiger partial charge on any atom is -0.429 e. The van der Waals surface area contributed by atoms with Crippen molar-refractivity contribution in [3.8, 4) is 0 Å². The topological polar surface area (TPSA) is 56.9 Å². The van der Waals surface area contributed by atoms with E-state index in [-0.39, 0.29) is 22.6 Å². The van der Waals surface area contributed by atoms with Gasteiger partial charge in [-0.05, 0) is 23.3 Å². The van der Waals surface area contributed by atoms with Gasteiger partial charge in [0.15, 0.2) is 11.8 Å². The Kier molecular flexibility index (Phi) is 2.53. The molecule has 0 aromatic carbocycles. The summed E-state index contributed by atoms with van der Waals surface area (Å²) in [5.41, 5.74) is 1.23. The summed E-state index contributed by atoms with van der Waals surface area (Å²) in [6.45, 7) is 8.15. The van der Waals surface area contributed by atoms with Gasteiger partial charge in [-0.25, -0.2) is 0 Å². The molecule has 1 saturated carbocycles. The molecule has 2 N–H and O–H groups in total. The monoisotopic (exact) mass is 232 g/mol. The summed E-state index contributed by atoms with van der Waals surface area (Å²) in [4.78, 5) is 0. The second-order valence-corrected chi connectivity index (χ2v) is 6.04. The van der Waals surface area contributed by atoms with E-state index in [0.717, 1.165) is 6.42 Å². The molecule has 0 saturated heterocycles. The van der Waals surface area contributed by atoms with Gasteiger partial charge in [-0.1, -0.05) is 39.0 Å². The SMILES string of the molecule is CC(=N)OC(=N)C12C=CC(C(C)(C)C)=CC1C2. The molecule has 2 atom stereocenters. The van der Waals surface area contributed by atoms with E-state index in [1.807, 2.05) is 0 Å². The molecule has 0 amide bonds. The zero-order chi connectivity index (χ0) is 12.8. The van der Waals surface area contributed by atoms with Crippen LogP contribution in [0.4, 0.5) is 0 Å². The third-order valence-electron chi connectivity index (χ3n) is 3.54. The van der Waals surface area contributed by atoms with Crippen LogP contribution in [0.5, 0.6) is 0 Å². The van der Waals surface area contributed by atoms with Gasteiger partial charge in [-0.2, -0.15) is 0 Å². The van der Waals surface area contributed by atoms with Crippen molar-refractivity contribution in [2.24, 2.45) is 16.7 Å². The summed E-state index contributed by atoms with van der Waals surface area (Å²) in [5.74, 6) is 0.693. The molecule has 0 aliphatic heterocycles. The first kappa shape index (κ1) is 12.1. The van der Waals surface area contributed by atoms with Gasteiger partial charge >= 0.3 is 0 Å². The quantitative estimate of drug-likeness (QED) is 0.527. The Morgan fingerprint density at radius 2 is 2.06 bits per heavy atom. The minimum atomic E-state index is -0.253. The molecule has 3 nitrogen and oxygen atoms in total. The molecule has 2 aliphatic carbocycles. The molecule has 0 spiro atoms. The minimum absolute atomic E-state index is 0.0917. The maximum Gasteiger partial charge on any atom is 0.199 e. The van der Waals surface area contributed by atoms with E-state index in [1.54, 1.807) is 6.92 Å². The highest BCUT2D eigenvalue weighted by atomic mass is 16.5. The number of allylic oxidation sites excluding steroid dienone is 3. The molecular formula is C14H20N2O. The van der Waals surface area contributed by atoms with Gasteiger partial charge in [0.25, 0.3) is 0 Å². The van der Waals surface area contributed by atoms with Gasteiger partial charge in [-0.3, -0.25) is 10.8 Å². The summed E-state index contributed by atoms with van der Waals surface area (Å²) >= 11 is 0. The van der Waals surface area contributed by atoms with E-state index < -0.39 is 0 Å². The summed E-state index contributed by atoms with van der Waals surface area (Å²) in [5, 5.41) is 15.2. The molecule has 92 valence electrons. The van der Waals surface area contributed by atoms with Gasteiger partial charge < -0.3 is 4.74 Å². The normalized spacial score (nSPS) is 30.4. The van der Waals surface area contributed by atoms with Crippen molar-refractivity contribution in [2.45, 2.75) is 34.1 Å². The second kappa shape index (κ2) is 3.56. The maximum atomic E-state index is 7.93. The van der Waals surface area contributed by atoms with Crippen LogP contribution in [0.3, 0.4) is 0 Å². The van der Waals surface area contributed by atoms with Gasteiger partial charge in [-0.15, -0.1) is 0 Å². The van der Waals surface area contributed by atoms with Crippen molar-refractivity contribution in [3.63, 3.8) is 0 Å². The molecule has 2 rings (SSSR count). The fourth-order valence-corrected chi connectivity index (χ4v) is 2.30. The van der Waals surface area contributed by atoms with Crippen LogP contribution in [0, 0.1) is 27.6 Å².